The predicted octanol–water partition coefficient (Wildman–Crippen LogP) is 5.19. The van der Waals surface area contributed by atoms with Crippen molar-refractivity contribution in [1.29, 1.82) is 0 Å². The number of halogens is 1. The summed E-state index contributed by atoms with van der Waals surface area (Å²) in [4.78, 5) is 9.15. The molecule has 7 heteroatoms. The molecule has 0 N–H and O–H groups in total. The van der Waals surface area contributed by atoms with Crippen LogP contribution >= 0.6 is 0 Å². The molecule has 168 valence electrons. The minimum atomic E-state index is -0.293. The van der Waals surface area contributed by atoms with Crippen molar-refractivity contribution in [2.24, 2.45) is 0 Å². The molecule has 0 fully saturated rings. The summed E-state index contributed by atoms with van der Waals surface area (Å²) in [6, 6.07) is 12.8. The van der Waals surface area contributed by atoms with Gasteiger partial charge in [-0.15, -0.1) is 0 Å². The van der Waals surface area contributed by atoms with Gasteiger partial charge >= 0.3 is 0 Å². The Labute approximate surface area is 192 Å². The van der Waals surface area contributed by atoms with E-state index in [1.165, 1.54) is 12.1 Å². The van der Waals surface area contributed by atoms with E-state index in [-0.39, 0.29) is 11.2 Å². The van der Waals surface area contributed by atoms with Crippen molar-refractivity contribution in [1.82, 2.24) is 24.3 Å². The third-order valence-corrected chi connectivity index (χ3v) is 6.33. The van der Waals surface area contributed by atoms with Crippen LogP contribution in [-0.4, -0.2) is 31.4 Å². The fourth-order valence-electron chi connectivity index (χ4n) is 4.51. The topological polar surface area (TPSA) is 57.8 Å². The molecule has 0 saturated carbocycles. The highest BCUT2D eigenvalue weighted by atomic mass is 19.1. The SMILES string of the molecule is COc1cc(/C=C/c2nc3n(n2)CCCC3(C)c2ccc(F)cc2)ccc1-n1cnc(C)c1. The highest BCUT2D eigenvalue weighted by Gasteiger charge is 2.37. The molecule has 33 heavy (non-hydrogen) atoms. The van der Waals surface area contributed by atoms with Crippen LogP contribution < -0.4 is 4.74 Å². The third-order valence-electron chi connectivity index (χ3n) is 6.33. The molecule has 3 heterocycles. The number of nitrogens with zero attached hydrogens (tertiary/aromatic N) is 5. The molecule has 0 amide bonds. The molecule has 2 aromatic heterocycles. The normalized spacial score (nSPS) is 17.9. The molecule has 5 rings (SSSR count). The second-order valence-corrected chi connectivity index (χ2v) is 8.65. The van der Waals surface area contributed by atoms with Crippen LogP contribution in [0.5, 0.6) is 5.75 Å². The first kappa shape index (κ1) is 21.1. The van der Waals surface area contributed by atoms with Crippen molar-refractivity contribution in [2.75, 3.05) is 7.11 Å². The molecule has 0 aliphatic carbocycles. The van der Waals surface area contributed by atoms with Crippen molar-refractivity contribution in [3.63, 3.8) is 0 Å². The second kappa shape index (κ2) is 8.31. The molecule has 1 unspecified atom stereocenters. The number of aryl methyl sites for hydroxylation is 2. The Morgan fingerprint density at radius 2 is 1.94 bits per heavy atom. The smallest absolute Gasteiger partial charge is 0.174 e. The first-order chi connectivity index (χ1) is 16.0. The third kappa shape index (κ3) is 3.95. The number of imidazole rings is 1. The van der Waals surface area contributed by atoms with Crippen molar-refractivity contribution >= 4 is 12.2 Å². The number of methoxy groups -OCH3 is 1. The number of hydrogen-bond acceptors (Lipinski definition) is 4. The van der Waals surface area contributed by atoms with Crippen molar-refractivity contribution in [2.45, 2.75) is 38.6 Å². The number of aromatic nitrogens is 5. The van der Waals surface area contributed by atoms with Gasteiger partial charge in [-0.1, -0.05) is 24.3 Å². The standard InChI is InChI=1S/C26H26FN5O/c1-18-16-31(17-28-18)22-11-5-19(15-23(22)33-3)6-12-24-29-25-26(2,13-4-14-32(25)30-24)20-7-9-21(27)10-8-20/h5-12,15-17H,4,13-14H2,1-3H3/b12-6+. The van der Waals surface area contributed by atoms with Gasteiger partial charge in [0.25, 0.3) is 0 Å². The van der Waals surface area contributed by atoms with Crippen molar-refractivity contribution < 1.29 is 9.13 Å². The van der Waals surface area contributed by atoms with Crippen molar-refractivity contribution in [3.05, 3.63) is 89.3 Å². The van der Waals surface area contributed by atoms with Gasteiger partial charge in [0.05, 0.1) is 30.2 Å². The fourth-order valence-corrected chi connectivity index (χ4v) is 4.51. The minimum Gasteiger partial charge on any atom is -0.495 e. The Balaban J connectivity index is 1.43. The summed E-state index contributed by atoms with van der Waals surface area (Å²) in [5.41, 5.74) is 3.63. The lowest BCUT2D eigenvalue weighted by molar-refractivity contribution is 0.357. The molecule has 4 aromatic rings. The Bertz CT molecular complexity index is 1320. The zero-order valence-corrected chi connectivity index (χ0v) is 19.0. The predicted molar refractivity (Wildman–Crippen MR) is 126 cm³/mol. The summed E-state index contributed by atoms with van der Waals surface area (Å²) in [7, 11) is 1.66. The lowest BCUT2D eigenvalue weighted by atomic mass is 9.76. The van der Waals surface area contributed by atoms with E-state index in [2.05, 4.69) is 11.9 Å². The van der Waals surface area contributed by atoms with Crippen LogP contribution in [0.3, 0.4) is 0 Å². The molecule has 1 atom stereocenters. The van der Waals surface area contributed by atoms with Gasteiger partial charge in [0.15, 0.2) is 5.82 Å². The average molecular weight is 444 g/mol. The lowest BCUT2D eigenvalue weighted by Gasteiger charge is -2.33. The van der Waals surface area contributed by atoms with E-state index in [1.54, 1.807) is 13.4 Å². The van der Waals surface area contributed by atoms with Crippen LogP contribution in [0.4, 0.5) is 4.39 Å². The number of ether oxygens (including phenoxy) is 1. The van der Waals surface area contributed by atoms with Gasteiger partial charge in [0, 0.05) is 12.7 Å². The number of rotatable bonds is 5. The van der Waals surface area contributed by atoms with E-state index >= 15 is 0 Å². The molecule has 1 aliphatic rings. The first-order valence-corrected chi connectivity index (χ1v) is 11.0. The molecule has 0 bridgehead atoms. The van der Waals surface area contributed by atoms with Crippen LogP contribution in [0.2, 0.25) is 0 Å². The van der Waals surface area contributed by atoms with Crippen LogP contribution in [0.1, 0.15) is 48.2 Å². The minimum absolute atomic E-state index is 0.229. The second-order valence-electron chi connectivity index (χ2n) is 8.65. The largest absolute Gasteiger partial charge is 0.495 e. The summed E-state index contributed by atoms with van der Waals surface area (Å²) in [6.45, 7) is 4.95. The molecule has 0 spiro atoms. The van der Waals surface area contributed by atoms with E-state index in [0.717, 1.165) is 53.5 Å². The van der Waals surface area contributed by atoms with Crippen LogP contribution in [-0.2, 0) is 12.0 Å². The van der Waals surface area contributed by atoms with Gasteiger partial charge in [-0.3, -0.25) is 0 Å². The highest BCUT2D eigenvalue weighted by molar-refractivity contribution is 5.69. The van der Waals surface area contributed by atoms with E-state index in [4.69, 9.17) is 14.8 Å². The van der Waals surface area contributed by atoms with Gasteiger partial charge in [0.1, 0.15) is 17.4 Å². The zero-order chi connectivity index (χ0) is 23.0. The maximum Gasteiger partial charge on any atom is 0.174 e. The Kier molecular flexibility index (Phi) is 5.32. The van der Waals surface area contributed by atoms with Gasteiger partial charge < -0.3 is 9.30 Å². The van der Waals surface area contributed by atoms with E-state index in [9.17, 15) is 4.39 Å². The quantitative estimate of drug-likeness (QED) is 0.426. The molecule has 2 aromatic carbocycles. The highest BCUT2D eigenvalue weighted by Crippen LogP contribution is 2.38. The first-order valence-electron chi connectivity index (χ1n) is 11.0. The average Bonchev–Trinajstić information content (AvgIpc) is 3.45. The van der Waals surface area contributed by atoms with Gasteiger partial charge in [-0.2, -0.15) is 5.10 Å². The van der Waals surface area contributed by atoms with Crippen LogP contribution in [0, 0.1) is 12.7 Å². The summed E-state index contributed by atoms with van der Waals surface area (Å²) in [5, 5.41) is 4.72. The summed E-state index contributed by atoms with van der Waals surface area (Å²) >= 11 is 0. The number of fused-ring (bicyclic) bond motifs is 1. The molecular weight excluding hydrogens is 417 g/mol. The molecule has 0 saturated heterocycles. The van der Waals surface area contributed by atoms with Gasteiger partial charge in [-0.25, -0.2) is 19.0 Å². The Morgan fingerprint density at radius 1 is 1.12 bits per heavy atom. The van der Waals surface area contributed by atoms with Gasteiger partial charge in [0.2, 0.25) is 0 Å². The Hall–Kier alpha value is -3.74. The van der Waals surface area contributed by atoms with Gasteiger partial charge in [-0.05, 0) is 68.2 Å². The van der Waals surface area contributed by atoms with E-state index < -0.39 is 0 Å². The zero-order valence-electron chi connectivity index (χ0n) is 19.0. The van der Waals surface area contributed by atoms with E-state index in [0.29, 0.717) is 5.82 Å². The number of benzene rings is 2. The monoisotopic (exact) mass is 443 g/mol. The number of hydrogen-bond donors (Lipinski definition) is 0. The fraction of sp³-hybridized carbons (Fsp3) is 0.269. The molecular formula is C26H26FN5O. The van der Waals surface area contributed by atoms with Crippen LogP contribution in [0.15, 0.2) is 55.0 Å². The van der Waals surface area contributed by atoms with Crippen LogP contribution in [0.25, 0.3) is 17.8 Å². The van der Waals surface area contributed by atoms with Crippen molar-refractivity contribution in [3.8, 4) is 11.4 Å². The lowest BCUT2D eigenvalue weighted by Crippen LogP contribution is -2.33. The maximum absolute atomic E-state index is 13.5. The maximum atomic E-state index is 13.5. The summed E-state index contributed by atoms with van der Waals surface area (Å²) in [6.07, 6.45) is 9.60. The Morgan fingerprint density at radius 3 is 2.67 bits per heavy atom. The summed E-state index contributed by atoms with van der Waals surface area (Å²) < 4.78 is 23.0. The van der Waals surface area contributed by atoms with E-state index in [1.807, 2.05) is 64.9 Å². The molecule has 1 aliphatic heterocycles. The molecule has 6 nitrogen and oxygen atoms in total. The summed E-state index contributed by atoms with van der Waals surface area (Å²) in [5.74, 6) is 2.11. The molecule has 0 radical (unpaired) electrons.